The van der Waals surface area contributed by atoms with Crippen LogP contribution in [-0.2, 0) is 0 Å². The maximum Gasteiger partial charge on any atom is 0.261 e. The summed E-state index contributed by atoms with van der Waals surface area (Å²) >= 11 is 0. The number of H-pyrrole nitrogens is 1. The second kappa shape index (κ2) is 5.80. The van der Waals surface area contributed by atoms with Crippen LogP contribution in [0, 0.1) is 0 Å². The lowest BCUT2D eigenvalue weighted by Crippen LogP contribution is -2.12. The number of aromatic nitrogens is 5. The molecular weight excluding hydrogens is 328 g/mol. The number of hydrogen-bond donors (Lipinski definition) is 2. The Balaban J connectivity index is 1.44. The van der Waals surface area contributed by atoms with Crippen LogP contribution in [0.4, 0.5) is 5.69 Å². The minimum atomic E-state index is -0.220. The number of anilines is 1. The van der Waals surface area contributed by atoms with Gasteiger partial charge in [0.05, 0.1) is 24.4 Å². The third kappa shape index (κ3) is 2.63. The van der Waals surface area contributed by atoms with Crippen molar-refractivity contribution in [1.82, 2.24) is 24.6 Å². The van der Waals surface area contributed by atoms with Gasteiger partial charge >= 0.3 is 0 Å². The summed E-state index contributed by atoms with van der Waals surface area (Å²) in [4.78, 5) is 24.5. The summed E-state index contributed by atoms with van der Waals surface area (Å²) in [6.45, 7) is 0. The molecule has 7 nitrogen and oxygen atoms in total. The topological polar surface area (TPSA) is 88.0 Å². The third-order valence-electron chi connectivity index (χ3n) is 4.56. The van der Waals surface area contributed by atoms with E-state index in [0.717, 1.165) is 17.0 Å². The van der Waals surface area contributed by atoms with Crippen LogP contribution in [0.25, 0.3) is 16.9 Å². The van der Waals surface area contributed by atoms with E-state index in [-0.39, 0.29) is 5.91 Å². The molecule has 26 heavy (non-hydrogen) atoms. The first-order valence-electron chi connectivity index (χ1n) is 8.52. The number of fused-ring (bicyclic) bond motifs is 1. The van der Waals surface area contributed by atoms with Crippen LogP contribution < -0.4 is 5.32 Å². The predicted octanol–water partition coefficient (Wildman–Crippen LogP) is 3.25. The maximum atomic E-state index is 12.8. The van der Waals surface area contributed by atoms with Gasteiger partial charge in [0.2, 0.25) is 0 Å². The highest BCUT2D eigenvalue weighted by atomic mass is 16.1. The summed E-state index contributed by atoms with van der Waals surface area (Å²) < 4.78 is 1.64. The minimum absolute atomic E-state index is 0.220. The van der Waals surface area contributed by atoms with E-state index in [1.807, 2.05) is 36.5 Å². The van der Waals surface area contributed by atoms with Crippen molar-refractivity contribution < 1.29 is 4.79 Å². The fourth-order valence-corrected chi connectivity index (χ4v) is 3.03. The van der Waals surface area contributed by atoms with Gasteiger partial charge in [-0.3, -0.25) is 4.79 Å². The number of hydrogen-bond acceptors (Lipinski definition) is 4. The number of nitrogens with zero attached hydrogens (tertiary/aromatic N) is 4. The zero-order chi connectivity index (χ0) is 17.5. The second-order valence-corrected chi connectivity index (χ2v) is 6.45. The first-order chi connectivity index (χ1) is 12.8. The lowest BCUT2D eigenvalue weighted by Gasteiger charge is -2.06. The van der Waals surface area contributed by atoms with E-state index in [9.17, 15) is 4.79 Å². The summed E-state index contributed by atoms with van der Waals surface area (Å²) in [5.74, 6) is 0.305. The molecule has 1 aromatic carbocycles. The van der Waals surface area contributed by atoms with E-state index in [0.29, 0.717) is 22.8 Å². The smallest absolute Gasteiger partial charge is 0.261 e. The van der Waals surface area contributed by atoms with Crippen molar-refractivity contribution >= 4 is 17.2 Å². The van der Waals surface area contributed by atoms with Gasteiger partial charge in [0, 0.05) is 29.1 Å². The van der Waals surface area contributed by atoms with Crippen molar-refractivity contribution in [3.8, 4) is 11.3 Å². The molecule has 0 unspecified atom stereocenters. The highest BCUT2D eigenvalue weighted by Gasteiger charge is 2.26. The van der Waals surface area contributed by atoms with Crippen LogP contribution in [0.1, 0.15) is 34.8 Å². The molecule has 128 valence electrons. The molecule has 0 radical (unpaired) electrons. The van der Waals surface area contributed by atoms with Crippen molar-refractivity contribution in [3.63, 3.8) is 0 Å². The van der Waals surface area contributed by atoms with Gasteiger partial charge in [0.25, 0.3) is 5.91 Å². The van der Waals surface area contributed by atoms with Crippen LogP contribution in [0.3, 0.4) is 0 Å². The highest BCUT2D eigenvalue weighted by Crippen LogP contribution is 2.39. The molecule has 7 heteroatoms. The molecule has 1 fully saturated rings. The number of carbonyl (C=O) groups is 1. The Kier molecular flexibility index (Phi) is 3.31. The van der Waals surface area contributed by atoms with Crippen molar-refractivity contribution in [2.24, 2.45) is 0 Å². The van der Waals surface area contributed by atoms with Crippen LogP contribution in [0.5, 0.6) is 0 Å². The SMILES string of the molecule is O=C(Nc1cccc(-c2cnc[nH]2)c1)c1cnn2ccc(C3CC3)nc12. The first-order valence-corrected chi connectivity index (χ1v) is 8.52. The average Bonchev–Trinajstić information content (AvgIpc) is 3.19. The van der Waals surface area contributed by atoms with Gasteiger partial charge < -0.3 is 10.3 Å². The normalized spacial score (nSPS) is 13.8. The highest BCUT2D eigenvalue weighted by molar-refractivity contribution is 6.08. The zero-order valence-corrected chi connectivity index (χ0v) is 13.9. The minimum Gasteiger partial charge on any atom is -0.345 e. The number of benzene rings is 1. The lowest BCUT2D eigenvalue weighted by molar-refractivity contribution is 0.102. The Hall–Kier alpha value is -3.48. The van der Waals surface area contributed by atoms with E-state index < -0.39 is 0 Å². The first kappa shape index (κ1) is 14.8. The van der Waals surface area contributed by atoms with Crippen LogP contribution in [0.2, 0.25) is 0 Å². The number of aromatic amines is 1. The maximum absolute atomic E-state index is 12.8. The van der Waals surface area contributed by atoms with E-state index in [4.69, 9.17) is 0 Å². The van der Waals surface area contributed by atoms with Crippen LogP contribution in [0.15, 0.2) is 55.2 Å². The molecule has 3 heterocycles. The zero-order valence-electron chi connectivity index (χ0n) is 13.9. The van der Waals surface area contributed by atoms with Gasteiger partial charge in [-0.05, 0) is 31.0 Å². The molecular formula is C19H16N6O. The molecule has 1 aliphatic carbocycles. The predicted molar refractivity (Wildman–Crippen MR) is 96.9 cm³/mol. The average molecular weight is 344 g/mol. The van der Waals surface area contributed by atoms with Crippen molar-refractivity contribution in [2.75, 3.05) is 5.32 Å². The van der Waals surface area contributed by atoms with E-state index in [1.165, 1.54) is 12.8 Å². The number of nitrogens with one attached hydrogen (secondary N) is 2. The molecule has 1 aliphatic rings. The van der Waals surface area contributed by atoms with Gasteiger partial charge in [0.15, 0.2) is 5.65 Å². The summed E-state index contributed by atoms with van der Waals surface area (Å²) in [6.07, 6.45) is 9.13. The van der Waals surface area contributed by atoms with Gasteiger partial charge in [-0.1, -0.05) is 12.1 Å². The van der Waals surface area contributed by atoms with Crippen molar-refractivity contribution in [3.05, 3.63) is 66.5 Å². The Bertz CT molecular complexity index is 1090. The fraction of sp³-hybridized carbons (Fsp3) is 0.158. The number of carbonyl (C=O) groups excluding carboxylic acids is 1. The van der Waals surface area contributed by atoms with Gasteiger partial charge in [-0.25, -0.2) is 14.5 Å². The van der Waals surface area contributed by atoms with Crippen LogP contribution in [-0.4, -0.2) is 30.5 Å². The van der Waals surface area contributed by atoms with E-state index in [2.05, 4.69) is 25.4 Å². The standard InChI is InChI=1S/C19H16N6O/c26-19(23-14-3-1-2-13(8-14)17-10-20-11-21-17)15-9-22-25-7-6-16(12-4-5-12)24-18(15)25/h1-3,6-12H,4-5H2,(H,20,21)(H,23,26). The molecule has 2 N–H and O–H groups in total. The van der Waals surface area contributed by atoms with E-state index >= 15 is 0 Å². The number of amides is 1. The number of imidazole rings is 1. The molecule has 0 aliphatic heterocycles. The summed E-state index contributed by atoms with van der Waals surface area (Å²) in [5, 5.41) is 7.18. The molecule has 4 aromatic rings. The van der Waals surface area contributed by atoms with Crippen molar-refractivity contribution in [1.29, 1.82) is 0 Å². The molecule has 1 amide bonds. The molecule has 0 atom stereocenters. The van der Waals surface area contributed by atoms with Crippen molar-refractivity contribution in [2.45, 2.75) is 18.8 Å². The summed E-state index contributed by atoms with van der Waals surface area (Å²) in [7, 11) is 0. The number of rotatable bonds is 4. The molecule has 0 spiro atoms. The molecule has 0 saturated heterocycles. The monoisotopic (exact) mass is 344 g/mol. The third-order valence-corrected chi connectivity index (χ3v) is 4.56. The largest absolute Gasteiger partial charge is 0.345 e. The molecule has 1 saturated carbocycles. The van der Waals surface area contributed by atoms with Gasteiger partial charge in [-0.15, -0.1) is 0 Å². The summed E-state index contributed by atoms with van der Waals surface area (Å²) in [6, 6.07) is 9.59. The lowest BCUT2D eigenvalue weighted by atomic mass is 10.1. The molecule has 5 rings (SSSR count). The second-order valence-electron chi connectivity index (χ2n) is 6.45. The fourth-order valence-electron chi connectivity index (χ4n) is 3.03. The Morgan fingerprint density at radius 1 is 1.23 bits per heavy atom. The van der Waals surface area contributed by atoms with Gasteiger partial charge in [-0.2, -0.15) is 5.10 Å². The Morgan fingerprint density at radius 2 is 2.15 bits per heavy atom. The van der Waals surface area contributed by atoms with Gasteiger partial charge in [0.1, 0.15) is 5.56 Å². The quantitative estimate of drug-likeness (QED) is 0.595. The Morgan fingerprint density at radius 3 is 2.96 bits per heavy atom. The van der Waals surface area contributed by atoms with E-state index in [1.54, 1.807) is 23.2 Å². The Labute approximate surface area is 149 Å². The molecule has 3 aromatic heterocycles. The summed E-state index contributed by atoms with van der Waals surface area (Å²) in [5.41, 5.74) is 4.66. The molecule has 0 bridgehead atoms. The van der Waals surface area contributed by atoms with Crippen LogP contribution >= 0.6 is 0 Å².